The van der Waals surface area contributed by atoms with Crippen LogP contribution < -0.4 is 5.32 Å². The summed E-state index contributed by atoms with van der Waals surface area (Å²) in [4.78, 5) is 25.9. The van der Waals surface area contributed by atoms with Gasteiger partial charge in [-0.15, -0.1) is 0 Å². The van der Waals surface area contributed by atoms with E-state index in [1.54, 1.807) is 13.8 Å². The molecule has 1 unspecified atom stereocenters. The molecule has 0 aromatic rings. The maximum absolute atomic E-state index is 12.4. The number of thioether (sulfide) groups is 1. The fourth-order valence-corrected chi connectivity index (χ4v) is 2.82. The lowest BCUT2D eigenvalue weighted by Gasteiger charge is -2.32. The van der Waals surface area contributed by atoms with Crippen LogP contribution in [-0.4, -0.2) is 46.3 Å². The van der Waals surface area contributed by atoms with Crippen LogP contribution in [0.25, 0.3) is 0 Å². The topological polar surface area (TPSA) is 49.4 Å². The van der Waals surface area contributed by atoms with E-state index in [2.05, 4.69) is 12.2 Å². The third-order valence-corrected chi connectivity index (χ3v) is 4.14. The van der Waals surface area contributed by atoms with Gasteiger partial charge >= 0.3 is 0 Å². The van der Waals surface area contributed by atoms with Crippen LogP contribution in [0, 0.1) is 0 Å². The number of hydrogen-bond acceptors (Lipinski definition) is 3. The van der Waals surface area contributed by atoms with Crippen LogP contribution in [0.5, 0.6) is 0 Å². The van der Waals surface area contributed by atoms with E-state index in [1.807, 2.05) is 23.6 Å². The van der Waals surface area contributed by atoms with E-state index in [4.69, 9.17) is 0 Å². The minimum absolute atomic E-state index is 0.00842. The second-order valence-corrected chi connectivity index (χ2v) is 6.67. The van der Waals surface area contributed by atoms with Crippen molar-refractivity contribution in [2.75, 3.05) is 18.1 Å². The lowest BCUT2D eigenvalue weighted by Crippen LogP contribution is -2.53. The average Bonchev–Trinajstić information content (AvgIpc) is 2.32. The summed E-state index contributed by atoms with van der Waals surface area (Å²) in [5, 5.41) is 2.79. The standard InChI is InChI=1S/C13H24N2O2S/c1-5-18-8-6-7-15-10(2)9-11(16)14-13(3,4)12(15)17/h10H,5-9H2,1-4H3,(H,14,16). The van der Waals surface area contributed by atoms with Gasteiger partial charge in [0.1, 0.15) is 5.54 Å². The number of nitrogens with zero attached hydrogens (tertiary/aromatic N) is 1. The second-order valence-electron chi connectivity index (χ2n) is 5.28. The van der Waals surface area contributed by atoms with Crippen molar-refractivity contribution >= 4 is 23.6 Å². The molecule has 0 aromatic heterocycles. The highest BCUT2D eigenvalue weighted by molar-refractivity contribution is 7.99. The molecular formula is C13H24N2O2S. The van der Waals surface area contributed by atoms with E-state index in [9.17, 15) is 9.59 Å². The molecule has 1 saturated heterocycles. The smallest absolute Gasteiger partial charge is 0.247 e. The molecular weight excluding hydrogens is 248 g/mol. The summed E-state index contributed by atoms with van der Waals surface area (Å²) in [6.07, 6.45) is 1.38. The third kappa shape index (κ3) is 3.90. The zero-order valence-corrected chi connectivity index (χ0v) is 12.6. The Bertz CT molecular complexity index is 318. The van der Waals surface area contributed by atoms with E-state index in [0.29, 0.717) is 6.42 Å². The number of carbonyl (C=O) groups excluding carboxylic acids is 2. The fourth-order valence-electron chi connectivity index (χ4n) is 2.19. The predicted octanol–water partition coefficient (Wildman–Crippen LogP) is 1.65. The predicted molar refractivity (Wildman–Crippen MR) is 75.6 cm³/mol. The number of amides is 2. The Balaban J connectivity index is 2.67. The summed E-state index contributed by atoms with van der Waals surface area (Å²) in [6, 6.07) is -0.00842. The van der Waals surface area contributed by atoms with Gasteiger partial charge in [-0.2, -0.15) is 11.8 Å². The van der Waals surface area contributed by atoms with Gasteiger partial charge in [-0.1, -0.05) is 6.92 Å². The van der Waals surface area contributed by atoms with Gasteiger partial charge in [0.05, 0.1) is 0 Å². The van der Waals surface area contributed by atoms with Crippen molar-refractivity contribution in [3.8, 4) is 0 Å². The van der Waals surface area contributed by atoms with Crippen LogP contribution in [0.4, 0.5) is 0 Å². The summed E-state index contributed by atoms with van der Waals surface area (Å²) in [5.74, 6) is 2.16. The second kappa shape index (κ2) is 6.45. The zero-order chi connectivity index (χ0) is 13.8. The first kappa shape index (κ1) is 15.3. The monoisotopic (exact) mass is 272 g/mol. The zero-order valence-electron chi connectivity index (χ0n) is 11.8. The van der Waals surface area contributed by atoms with Crippen molar-refractivity contribution in [3.05, 3.63) is 0 Å². The van der Waals surface area contributed by atoms with Gasteiger partial charge < -0.3 is 10.2 Å². The van der Waals surface area contributed by atoms with Gasteiger partial charge in [-0.25, -0.2) is 0 Å². The first-order valence-electron chi connectivity index (χ1n) is 6.58. The average molecular weight is 272 g/mol. The molecule has 1 rings (SSSR count). The van der Waals surface area contributed by atoms with Crippen LogP contribution in [0.3, 0.4) is 0 Å². The molecule has 0 radical (unpaired) electrons. The summed E-state index contributed by atoms with van der Waals surface area (Å²) >= 11 is 1.88. The molecule has 1 fully saturated rings. The summed E-state index contributed by atoms with van der Waals surface area (Å²) < 4.78 is 0. The normalized spacial score (nSPS) is 23.8. The molecule has 1 aliphatic rings. The highest BCUT2D eigenvalue weighted by atomic mass is 32.2. The lowest BCUT2D eigenvalue weighted by molar-refractivity contribution is -0.138. The van der Waals surface area contributed by atoms with Crippen molar-refractivity contribution in [1.82, 2.24) is 10.2 Å². The minimum atomic E-state index is -0.778. The Morgan fingerprint density at radius 3 is 2.72 bits per heavy atom. The van der Waals surface area contributed by atoms with Gasteiger partial charge in [0.2, 0.25) is 11.8 Å². The van der Waals surface area contributed by atoms with Gasteiger partial charge in [-0.05, 0) is 38.7 Å². The molecule has 0 saturated carbocycles. The Kier molecular flexibility index (Phi) is 5.50. The first-order valence-corrected chi connectivity index (χ1v) is 7.73. The Hall–Kier alpha value is -0.710. The highest BCUT2D eigenvalue weighted by Crippen LogP contribution is 2.18. The lowest BCUT2D eigenvalue weighted by atomic mass is 10.0. The molecule has 0 bridgehead atoms. The molecule has 1 atom stereocenters. The van der Waals surface area contributed by atoms with Crippen LogP contribution >= 0.6 is 11.8 Å². The van der Waals surface area contributed by atoms with Crippen molar-refractivity contribution < 1.29 is 9.59 Å². The van der Waals surface area contributed by atoms with Gasteiger partial charge in [-0.3, -0.25) is 9.59 Å². The van der Waals surface area contributed by atoms with E-state index >= 15 is 0 Å². The molecule has 0 spiro atoms. The molecule has 5 heteroatoms. The highest BCUT2D eigenvalue weighted by Gasteiger charge is 2.39. The summed E-state index contributed by atoms with van der Waals surface area (Å²) in [5.41, 5.74) is -0.778. The molecule has 1 aliphatic heterocycles. The molecule has 1 N–H and O–H groups in total. The molecule has 4 nitrogen and oxygen atoms in total. The largest absolute Gasteiger partial charge is 0.342 e. The Labute approximate surface area is 114 Å². The summed E-state index contributed by atoms with van der Waals surface area (Å²) in [7, 11) is 0. The number of nitrogens with one attached hydrogen (secondary N) is 1. The maximum Gasteiger partial charge on any atom is 0.247 e. The Morgan fingerprint density at radius 2 is 2.11 bits per heavy atom. The molecule has 18 heavy (non-hydrogen) atoms. The van der Waals surface area contributed by atoms with Crippen molar-refractivity contribution in [3.63, 3.8) is 0 Å². The Morgan fingerprint density at radius 1 is 1.44 bits per heavy atom. The van der Waals surface area contributed by atoms with Gasteiger partial charge in [0.25, 0.3) is 0 Å². The van der Waals surface area contributed by atoms with E-state index in [0.717, 1.165) is 24.5 Å². The maximum atomic E-state index is 12.4. The number of rotatable bonds is 5. The van der Waals surface area contributed by atoms with Gasteiger partial charge in [0, 0.05) is 19.0 Å². The van der Waals surface area contributed by atoms with Crippen molar-refractivity contribution in [1.29, 1.82) is 0 Å². The fraction of sp³-hybridized carbons (Fsp3) is 0.846. The number of hydrogen-bond donors (Lipinski definition) is 1. The van der Waals surface area contributed by atoms with Crippen LogP contribution in [0.1, 0.15) is 40.5 Å². The van der Waals surface area contributed by atoms with Gasteiger partial charge in [0.15, 0.2) is 0 Å². The van der Waals surface area contributed by atoms with E-state index in [1.165, 1.54) is 0 Å². The van der Waals surface area contributed by atoms with E-state index < -0.39 is 5.54 Å². The first-order chi connectivity index (χ1) is 8.38. The molecule has 2 amide bonds. The minimum Gasteiger partial charge on any atom is -0.342 e. The molecule has 104 valence electrons. The van der Waals surface area contributed by atoms with E-state index in [-0.39, 0.29) is 17.9 Å². The quantitative estimate of drug-likeness (QED) is 0.774. The molecule has 1 heterocycles. The van der Waals surface area contributed by atoms with Crippen LogP contribution in [0.2, 0.25) is 0 Å². The molecule has 0 aliphatic carbocycles. The van der Waals surface area contributed by atoms with Crippen molar-refractivity contribution in [2.45, 2.75) is 52.1 Å². The molecule has 0 aromatic carbocycles. The number of carbonyl (C=O) groups is 2. The van der Waals surface area contributed by atoms with Crippen LogP contribution in [0.15, 0.2) is 0 Å². The SMILES string of the molecule is CCSCCCN1C(=O)C(C)(C)NC(=O)CC1C. The van der Waals surface area contributed by atoms with Crippen molar-refractivity contribution in [2.24, 2.45) is 0 Å². The summed E-state index contributed by atoms with van der Waals surface area (Å²) in [6.45, 7) is 8.38. The van der Waals surface area contributed by atoms with Crippen LogP contribution in [-0.2, 0) is 9.59 Å². The third-order valence-electron chi connectivity index (χ3n) is 3.15.